The van der Waals surface area contributed by atoms with Crippen molar-refractivity contribution in [2.45, 2.75) is 17.7 Å². The van der Waals surface area contributed by atoms with Gasteiger partial charge in [-0.25, -0.2) is 13.1 Å². The third kappa shape index (κ3) is 4.87. The molecule has 0 spiro atoms. The van der Waals surface area contributed by atoms with Crippen LogP contribution in [0.15, 0.2) is 47.4 Å². The number of benzene rings is 2. The second-order valence-electron chi connectivity index (χ2n) is 5.15. The van der Waals surface area contributed by atoms with Gasteiger partial charge in [0.1, 0.15) is 11.5 Å². The Hall–Kier alpha value is -1.76. The van der Waals surface area contributed by atoms with Gasteiger partial charge in [0.05, 0.1) is 24.1 Å². The average Bonchev–Trinajstić information content (AvgIpc) is 2.59. The molecule has 2 aromatic rings. The van der Waals surface area contributed by atoms with Gasteiger partial charge in [0.2, 0.25) is 10.0 Å². The van der Waals surface area contributed by atoms with Crippen molar-refractivity contribution in [1.82, 2.24) is 4.72 Å². The third-order valence-electron chi connectivity index (χ3n) is 3.53. The lowest BCUT2D eigenvalue weighted by molar-refractivity contribution is 0.414. The topological polar surface area (TPSA) is 64.6 Å². The van der Waals surface area contributed by atoms with E-state index in [0.717, 1.165) is 17.7 Å². The second-order valence-corrected chi connectivity index (χ2v) is 7.32. The van der Waals surface area contributed by atoms with Gasteiger partial charge in [-0.15, -0.1) is 0 Å². The van der Waals surface area contributed by atoms with Crippen molar-refractivity contribution in [2.24, 2.45) is 0 Å². The molecular weight excluding hydrogens is 350 g/mol. The Labute approximate surface area is 147 Å². The lowest BCUT2D eigenvalue weighted by Crippen LogP contribution is -2.25. The summed E-state index contributed by atoms with van der Waals surface area (Å²) < 4.78 is 37.2. The zero-order valence-corrected chi connectivity index (χ0v) is 15.2. The smallest absolute Gasteiger partial charge is 0.240 e. The largest absolute Gasteiger partial charge is 0.497 e. The summed E-state index contributed by atoms with van der Waals surface area (Å²) in [5.41, 5.74) is 1.13. The molecule has 1 N–H and O–H groups in total. The van der Waals surface area contributed by atoms with E-state index in [0.29, 0.717) is 18.7 Å². The van der Waals surface area contributed by atoms with Crippen LogP contribution in [0.2, 0.25) is 5.02 Å². The zero-order chi connectivity index (χ0) is 17.6. The molecule has 24 heavy (non-hydrogen) atoms. The first-order valence-corrected chi connectivity index (χ1v) is 9.28. The van der Waals surface area contributed by atoms with E-state index in [1.165, 1.54) is 25.3 Å². The van der Waals surface area contributed by atoms with Crippen LogP contribution in [0.5, 0.6) is 11.5 Å². The highest BCUT2D eigenvalue weighted by molar-refractivity contribution is 7.89. The van der Waals surface area contributed by atoms with E-state index >= 15 is 0 Å². The Morgan fingerprint density at radius 2 is 1.75 bits per heavy atom. The van der Waals surface area contributed by atoms with Crippen molar-refractivity contribution in [2.75, 3.05) is 20.8 Å². The number of nitrogens with one attached hydrogen (secondary N) is 1. The van der Waals surface area contributed by atoms with E-state index in [9.17, 15) is 8.42 Å². The van der Waals surface area contributed by atoms with Crippen molar-refractivity contribution in [1.29, 1.82) is 0 Å². The van der Waals surface area contributed by atoms with Crippen LogP contribution in [-0.4, -0.2) is 29.2 Å². The minimum absolute atomic E-state index is 0.123. The molecule has 0 bridgehead atoms. The zero-order valence-electron chi connectivity index (χ0n) is 13.6. The molecule has 0 saturated heterocycles. The van der Waals surface area contributed by atoms with E-state index in [4.69, 9.17) is 21.1 Å². The number of hydrogen-bond donors (Lipinski definition) is 1. The fraction of sp³-hybridized carbons (Fsp3) is 0.294. The molecule has 2 rings (SSSR count). The first-order chi connectivity index (χ1) is 11.5. The first-order valence-electron chi connectivity index (χ1n) is 7.42. The lowest BCUT2D eigenvalue weighted by Gasteiger charge is -2.09. The Morgan fingerprint density at radius 3 is 2.33 bits per heavy atom. The average molecular weight is 370 g/mol. The minimum atomic E-state index is -3.58. The van der Waals surface area contributed by atoms with Gasteiger partial charge in [-0.1, -0.05) is 23.7 Å². The first kappa shape index (κ1) is 18.6. The second kappa shape index (κ2) is 8.37. The van der Waals surface area contributed by atoms with Crippen LogP contribution in [0.25, 0.3) is 0 Å². The number of ether oxygens (including phenoxy) is 2. The standard InChI is InChI=1S/C17H20ClNO4S/c1-22-14-7-5-13(6-8-14)4-3-11-19-24(20,21)15-9-10-17(23-2)16(18)12-15/h5-10,12,19H,3-4,11H2,1-2H3. The van der Waals surface area contributed by atoms with Gasteiger partial charge >= 0.3 is 0 Å². The van der Waals surface area contributed by atoms with Gasteiger partial charge in [0.15, 0.2) is 0 Å². The highest BCUT2D eigenvalue weighted by Gasteiger charge is 2.15. The third-order valence-corrected chi connectivity index (χ3v) is 5.28. The van der Waals surface area contributed by atoms with Gasteiger partial charge in [-0.3, -0.25) is 0 Å². The van der Waals surface area contributed by atoms with Crippen LogP contribution in [0.4, 0.5) is 0 Å². The quantitative estimate of drug-likeness (QED) is 0.725. The van der Waals surface area contributed by atoms with Crippen LogP contribution < -0.4 is 14.2 Å². The van der Waals surface area contributed by atoms with Gasteiger partial charge in [-0.2, -0.15) is 0 Å². The molecule has 0 aliphatic carbocycles. The molecule has 7 heteroatoms. The molecule has 0 heterocycles. The van der Waals surface area contributed by atoms with Gasteiger partial charge in [0, 0.05) is 6.54 Å². The van der Waals surface area contributed by atoms with Crippen LogP contribution >= 0.6 is 11.6 Å². The number of methoxy groups -OCH3 is 2. The monoisotopic (exact) mass is 369 g/mol. The Kier molecular flexibility index (Phi) is 6.48. The van der Waals surface area contributed by atoms with E-state index in [1.54, 1.807) is 7.11 Å². The molecular formula is C17H20ClNO4S. The summed E-state index contributed by atoms with van der Waals surface area (Å²) in [6, 6.07) is 12.1. The summed E-state index contributed by atoms with van der Waals surface area (Å²) in [7, 11) is -0.484. The molecule has 0 fully saturated rings. The molecule has 0 aromatic heterocycles. The fourth-order valence-corrected chi connectivity index (χ4v) is 3.61. The highest BCUT2D eigenvalue weighted by atomic mass is 35.5. The maximum atomic E-state index is 12.3. The molecule has 0 aliphatic heterocycles. The van der Waals surface area contributed by atoms with E-state index < -0.39 is 10.0 Å². The molecule has 5 nitrogen and oxygen atoms in total. The summed E-state index contributed by atoms with van der Waals surface area (Å²) in [6.07, 6.45) is 1.46. The van der Waals surface area contributed by atoms with Gasteiger partial charge < -0.3 is 9.47 Å². The maximum Gasteiger partial charge on any atom is 0.240 e. The van der Waals surface area contributed by atoms with Crippen LogP contribution in [0.1, 0.15) is 12.0 Å². The van der Waals surface area contributed by atoms with E-state index in [-0.39, 0.29) is 9.92 Å². The minimum Gasteiger partial charge on any atom is -0.497 e. The van der Waals surface area contributed by atoms with Crippen molar-refractivity contribution in [3.63, 3.8) is 0 Å². The SMILES string of the molecule is COc1ccc(CCCNS(=O)(=O)c2ccc(OC)c(Cl)c2)cc1. The number of hydrogen-bond acceptors (Lipinski definition) is 4. The van der Waals surface area contributed by atoms with E-state index in [1.807, 2.05) is 24.3 Å². The van der Waals surface area contributed by atoms with Crippen LogP contribution in [-0.2, 0) is 16.4 Å². The van der Waals surface area contributed by atoms with Crippen LogP contribution in [0, 0.1) is 0 Å². The number of sulfonamides is 1. The van der Waals surface area contributed by atoms with Crippen molar-refractivity contribution < 1.29 is 17.9 Å². The molecule has 0 aliphatic rings. The predicted molar refractivity (Wildman–Crippen MR) is 94.5 cm³/mol. The Balaban J connectivity index is 1.89. The normalized spacial score (nSPS) is 11.3. The summed E-state index contributed by atoms with van der Waals surface area (Å²) in [5.74, 6) is 1.24. The summed E-state index contributed by atoms with van der Waals surface area (Å²) >= 11 is 5.97. The number of rotatable bonds is 8. The van der Waals surface area contributed by atoms with Crippen molar-refractivity contribution >= 4 is 21.6 Å². The maximum absolute atomic E-state index is 12.3. The Morgan fingerprint density at radius 1 is 1.04 bits per heavy atom. The molecule has 0 saturated carbocycles. The Bertz CT molecular complexity index is 776. The predicted octanol–water partition coefficient (Wildman–Crippen LogP) is 3.27. The van der Waals surface area contributed by atoms with Crippen molar-refractivity contribution in [3.8, 4) is 11.5 Å². The van der Waals surface area contributed by atoms with Gasteiger partial charge in [0.25, 0.3) is 0 Å². The van der Waals surface area contributed by atoms with Gasteiger partial charge in [-0.05, 0) is 48.7 Å². The molecule has 0 amide bonds. The highest BCUT2D eigenvalue weighted by Crippen LogP contribution is 2.26. The summed E-state index contributed by atoms with van der Waals surface area (Å²) in [4.78, 5) is 0.123. The molecule has 0 atom stereocenters. The summed E-state index contributed by atoms with van der Waals surface area (Å²) in [6.45, 7) is 0.345. The number of aryl methyl sites for hydroxylation is 1. The molecule has 2 aromatic carbocycles. The molecule has 0 radical (unpaired) electrons. The lowest BCUT2D eigenvalue weighted by atomic mass is 10.1. The number of halogens is 1. The fourth-order valence-electron chi connectivity index (χ4n) is 2.19. The molecule has 130 valence electrons. The summed E-state index contributed by atoms with van der Waals surface area (Å²) in [5, 5.41) is 0.263. The van der Waals surface area contributed by atoms with E-state index in [2.05, 4.69) is 4.72 Å². The van der Waals surface area contributed by atoms with Crippen molar-refractivity contribution in [3.05, 3.63) is 53.1 Å². The van der Waals surface area contributed by atoms with Crippen LogP contribution in [0.3, 0.4) is 0 Å². The molecule has 0 unspecified atom stereocenters.